The second-order valence-electron chi connectivity index (χ2n) is 4.73. The van der Waals surface area contributed by atoms with E-state index in [1.54, 1.807) is 6.07 Å². The minimum Gasteiger partial charge on any atom is -0.317 e. The van der Waals surface area contributed by atoms with Crippen molar-refractivity contribution in [3.05, 3.63) is 69.6 Å². The maximum Gasteiger partial charge on any atom is 0.276 e. The number of nitrogens with zero attached hydrogens (tertiary/aromatic N) is 4. The van der Waals surface area contributed by atoms with Gasteiger partial charge in [-0.25, -0.2) is 0 Å². The van der Waals surface area contributed by atoms with Gasteiger partial charge in [-0.3, -0.25) is 19.7 Å². The molecule has 24 heavy (non-hydrogen) atoms. The highest BCUT2D eigenvalue weighted by atomic mass is 16.6. The lowest BCUT2D eigenvalue weighted by atomic mass is 10.1. The number of para-hydroxylation sites is 1. The predicted molar refractivity (Wildman–Crippen MR) is 83.7 cm³/mol. The van der Waals surface area contributed by atoms with Crippen LogP contribution in [0.25, 0.3) is 6.08 Å². The van der Waals surface area contributed by atoms with E-state index >= 15 is 0 Å². The Labute approximate surface area is 134 Å². The first-order chi connectivity index (χ1) is 11.6. The van der Waals surface area contributed by atoms with E-state index in [-0.39, 0.29) is 22.6 Å². The SMILES string of the molecule is O=C(C=Cc1ccccc1[N+](=O)[O-])NC1=C2N=NN=C2C=CC1=O. The number of amides is 1. The van der Waals surface area contributed by atoms with Gasteiger partial charge in [0.15, 0.2) is 0 Å². The highest BCUT2D eigenvalue weighted by molar-refractivity contribution is 6.23. The van der Waals surface area contributed by atoms with Gasteiger partial charge >= 0.3 is 0 Å². The molecule has 0 radical (unpaired) electrons. The van der Waals surface area contributed by atoms with E-state index in [0.29, 0.717) is 5.71 Å². The monoisotopic (exact) mass is 323 g/mol. The van der Waals surface area contributed by atoms with Crippen molar-refractivity contribution in [1.82, 2.24) is 5.32 Å². The average molecular weight is 323 g/mol. The van der Waals surface area contributed by atoms with Gasteiger partial charge < -0.3 is 5.32 Å². The summed E-state index contributed by atoms with van der Waals surface area (Å²) in [5.74, 6) is -1.06. The van der Waals surface area contributed by atoms with Crippen LogP contribution in [0.2, 0.25) is 0 Å². The van der Waals surface area contributed by atoms with Crippen molar-refractivity contribution in [2.75, 3.05) is 0 Å². The summed E-state index contributed by atoms with van der Waals surface area (Å²) >= 11 is 0. The van der Waals surface area contributed by atoms with Gasteiger partial charge in [-0.1, -0.05) is 12.1 Å². The zero-order valence-electron chi connectivity index (χ0n) is 12.0. The van der Waals surface area contributed by atoms with Crippen molar-refractivity contribution >= 4 is 29.2 Å². The molecule has 0 unspecified atom stereocenters. The Morgan fingerprint density at radius 3 is 2.83 bits per heavy atom. The van der Waals surface area contributed by atoms with Crippen molar-refractivity contribution in [1.29, 1.82) is 0 Å². The topological polar surface area (TPSA) is 126 Å². The number of rotatable bonds is 4. The fraction of sp³-hybridized carbons (Fsp3) is 0. The Bertz CT molecular complexity index is 908. The van der Waals surface area contributed by atoms with Crippen LogP contribution in [0.1, 0.15) is 5.56 Å². The summed E-state index contributed by atoms with van der Waals surface area (Å²) in [6, 6.07) is 5.99. The number of ketones is 1. The Balaban J connectivity index is 1.80. The molecule has 9 nitrogen and oxygen atoms in total. The Morgan fingerprint density at radius 2 is 2.04 bits per heavy atom. The van der Waals surface area contributed by atoms with E-state index in [1.807, 2.05) is 0 Å². The van der Waals surface area contributed by atoms with Gasteiger partial charge in [0.25, 0.3) is 5.69 Å². The summed E-state index contributed by atoms with van der Waals surface area (Å²) in [6.45, 7) is 0. The summed E-state index contributed by atoms with van der Waals surface area (Å²) in [4.78, 5) is 34.3. The summed E-state index contributed by atoms with van der Waals surface area (Å²) < 4.78 is 0. The normalized spacial score (nSPS) is 15.7. The second-order valence-corrected chi connectivity index (χ2v) is 4.73. The van der Waals surface area contributed by atoms with Crippen LogP contribution < -0.4 is 5.32 Å². The molecule has 1 aromatic rings. The molecule has 2 aliphatic rings. The number of benzene rings is 1. The second kappa shape index (κ2) is 6.16. The molecule has 118 valence electrons. The van der Waals surface area contributed by atoms with E-state index < -0.39 is 16.6 Å². The van der Waals surface area contributed by atoms with Crippen molar-refractivity contribution in [2.24, 2.45) is 15.4 Å². The van der Waals surface area contributed by atoms with Crippen LogP contribution in [0.4, 0.5) is 5.69 Å². The third-order valence-electron chi connectivity index (χ3n) is 3.21. The van der Waals surface area contributed by atoms with E-state index in [2.05, 4.69) is 20.8 Å². The van der Waals surface area contributed by atoms with Crippen LogP contribution in [-0.2, 0) is 9.59 Å². The molecule has 0 saturated heterocycles. The molecule has 9 heteroatoms. The van der Waals surface area contributed by atoms with Crippen molar-refractivity contribution in [2.45, 2.75) is 0 Å². The third-order valence-corrected chi connectivity index (χ3v) is 3.21. The smallest absolute Gasteiger partial charge is 0.276 e. The van der Waals surface area contributed by atoms with Gasteiger partial charge in [0, 0.05) is 12.1 Å². The van der Waals surface area contributed by atoms with Gasteiger partial charge in [0.1, 0.15) is 17.1 Å². The Kier molecular flexibility index (Phi) is 3.89. The van der Waals surface area contributed by atoms with Crippen LogP contribution in [0.5, 0.6) is 0 Å². The number of fused-ring (bicyclic) bond motifs is 1. The first-order valence-corrected chi connectivity index (χ1v) is 6.74. The quantitative estimate of drug-likeness (QED) is 0.393. The largest absolute Gasteiger partial charge is 0.317 e. The maximum atomic E-state index is 12.0. The Morgan fingerprint density at radius 1 is 1.25 bits per heavy atom. The standard InChI is InChI=1S/C15H9N5O4/c21-12-7-6-10-14(18-19-17-10)15(12)16-13(22)8-5-9-3-1-2-4-11(9)20(23)24/h1-8H,(H,16,22). The molecular weight excluding hydrogens is 314 g/mol. The highest BCUT2D eigenvalue weighted by Gasteiger charge is 2.25. The third kappa shape index (κ3) is 2.90. The molecule has 0 saturated carbocycles. The summed E-state index contributed by atoms with van der Waals surface area (Å²) in [5, 5.41) is 24.2. The number of carbonyl (C=O) groups excluding carboxylic acids is 2. The van der Waals surface area contributed by atoms with Gasteiger partial charge in [-0.05, 0) is 29.5 Å². The number of hydrogen-bond donors (Lipinski definition) is 1. The van der Waals surface area contributed by atoms with Gasteiger partial charge in [-0.2, -0.15) is 0 Å². The van der Waals surface area contributed by atoms with E-state index in [0.717, 1.165) is 6.08 Å². The lowest BCUT2D eigenvalue weighted by molar-refractivity contribution is -0.385. The zero-order valence-corrected chi connectivity index (χ0v) is 12.0. The first kappa shape index (κ1) is 15.2. The van der Waals surface area contributed by atoms with E-state index in [9.17, 15) is 19.7 Å². The van der Waals surface area contributed by atoms with Crippen molar-refractivity contribution < 1.29 is 14.5 Å². The number of hydrogen-bond acceptors (Lipinski definition) is 7. The van der Waals surface area contributed by atoms with E-state index in [4.69, 9.17) is 0 Å². The number of nitro benzene ring substituents is 1. The first-order valence-electron chi connectivity index (χ1n) is 6.74. The molecule has 1 N–H and O–H groups in total. The van der Waals surface area contributed by atoms with Crippen LogP contribution in [0.3, 0.4) is 0 Å². The number of allylic oxidation sites excluding steroid dienone is 2. The number of nitro groups is 1. The minimum atomic E-state index is -0.624. The molecule has 0 bridgehead atoms. The van der Waals surface area contributed by atoms with Gasteiger partial charge in [0.05, 0.1) is 10.5 Å². The molecule has 0 atom stereocenters. The van der Waals surface area contributed by atoms with Gasteiger partial charge in [-0.15, -0.1) is 10.2 Å². The molecule has 1 heterocycles. The molecule has 0 fully saturated rings. The molecule has 0 spiro atoms. The van der Waals surface area contributed by atoms with Crippen LogP contribution in [0.15, 0.2) is 69.3 Å². The molecule has 1 aliphatic carbocycles. The predicted octanol–water partition coefficient (Wildman–Crippen LogP) is 1.90. The summed E-state index contributed by atoms with van der Waals surface area (Å²) in [5.41, 5.74) is 0.685. The van der Waals surface area contributed by atoms with Crippen LogP contribution in [0, 0.1) is 10.1 Å². The average Bonchev–Trinajstić information content (AvgIpc) is 3.04. The molecule has 3 rings (SSSR count). The molecule has 1 aliphatic heterocycles. The lowest BCUT2D eigenvalue weighted by Crippen LogP contribution is -2.29. The van der Waals surface area contributed by atoms with E-state index in [1.165, 1.54) is 36.4 Å². The molecule has 1 amide bonds. The zero-order chi connectivity index (χ0) is 17.1. The summed E-state index contributed by atoms with van der Waals surface area (Å²) in [7, 11) is 0. The van der Waals surface area contributed by atoms with Crippen LogP contribution >= 0.6 is 0 Å². The van der Waals surface area contributed by atoms with Crippen molar-refractivity contribution in [3.8, 4) is 0 Å². The summed E-state index contributed by atoms with van der Waals surface area (Å²) in [6.07, 6.45) is 5.11. The number of nitrogens with one attached hydrogen (secondary N) is 1. The Hall–Kier alpha value is -3.75. The van der Waals surface area contributed by atoms with Crippen LogP contribution in [-0.4, -0.2) is 22.3 Å². The minimum absolute atomic E-state index is 0.0327. The number of carbonyl (C=O) groups is 2. The molecule has 1 aromatic carbocycles. The fourth-order valence-electron chi connectivity index (χ4n) is 2.10. The van der Waals surface area contributed by atoms with Gasteiger partial charge in [0.2, 0.25) is 11.7 Å². The maximum absolute atomic E-state index is 12.0. The lowest BCUT2D eigenvalue weighted by Gasteiger charge is -2.10. The highest BCUT2D eigenvalue weighted by Crippen LogP contribution is 2.21. The molecular formula is C15H9N5O4. The molecule has 0 aromatic heterocycles. The fourth-order valence-corrected chi connectivity index (χ4v) is 2.10. The van der Waals surface area contributed by atoms with Crippen molar-refractivity contribution in [3.63, 3.8) is 0 Å².